The van der Waals surface area contributed by atoms with Gasteiger partial charge in [-0.05, 0) is 25.0 Å². The fourth-order valence-corrected chi connectivity index (χ4v) is 1.91. The van der Waals surface area contributed by atoms with Gasteiger partial charge in [-0.15, -0.1) is 0 Å². The molecule has 1 N–H and O–H groups in total. The maximum atomic E-state index is 5.48. The summed E-state index contributed by atoms with van der Waals surface area (Å²) < 4.78 is 10.8. The van der Waals surface area contributed by atoms with Gasteiger partial charge < -0.3 is 14.8 Å². The van der Waals surface area contributed by atoms with Gasteiger partial charge in [0.1, 0.15) is 0 Å². The zero-order valence-electron chi connectivity index (χ0n) is 12.5. The van der Waals surface area contributed by atoms with E-state index in [-0.39, 0.29) is 0 Å². The van der Waals surface area contributed by atoms with E-state index in [1.165, 1.54) is 11.1 Å². The van der Waals surface area contributed by atoms with Crippen LogP contribution in [0.25, 0.3) is 0 Å². The zero-order chi connectivity index (χ0) is 14.9. The molecule has 0 saturated heterocycles. The molecule has 112 valence electrons. The Morgan fingerprint density at radius 3 is 2.62 bits per heavy atom. The Balaban J connectivity index is 2.00. The number of aromatic nitrogens is 2. The topological polar surface area (TPSA) is 56.3 Å². The van der Waals surface area contributed by atoms with Gasteiger partial charge in [-0.1, -0.05) is 24.3 Å². The fourth-order valence-electron chi connectivity index (χ4n) is 1.91. The average Bonchev–Trinajstić information content (AvgIpc) is 2.52. The van der Waals surface area contributed by atoms with Gasteiger partial charge in [-0.3, -0.25) is 0 Å². The molecule has 0 bridgehead atoms. The number of hydrogen-bond acceptors (Lipinski definition) is 5. The lowest BCUT2D eigenvalue weighted by Crippen LogP contribution is -2.07. The van der Waals surface area contributed by atoms with Gasteiger partial charge in [0.25, 0.3) is 0 Å². The summed E-state index contributed by atoms with van der Waals surface area (Å²) in [6, 6.07) is 9.93. The van der Waals surface area contributed by atoms with Crippen LogP contribution < -0.4 is 10.1 Å². The van der Waals surface area contributed by atoms with E-state index in [1.54, 1.807) is 12.3 Å². The highest BCUT2D eigenvalue weighted by atomic mass is 16.5. The number of hydrogen-bond donors (Lipinski definition) is 1. The van der Waals surface area contributed by atoms with Crippen molar-refractivity contribution in [3.05, 3.63) is 47.7 Å². The van der Waals surface area contributed by atoms with Crippen molar-refractivity contribution in [3.63, 3.8) is 0 Å². The third-order valence-electron chi connectivity index (χ3n) is 2.94. The van der Waals surface area contributed by atoms with Crippen molar-refractivity contribution in [3.8, 4) is 5.88 Å². The van der Waals surface area contributed by atoms with Crippen molar-refractivity contribution in [1.29, 1.82) is 0 Å². The second-order valence-corrected chi connectivity index (χ2v) is 4.41. The molecule has 0 atom stereocenters. The van der Waals surface area contributed by atoms with Gasteiger partial charge in [0, 0.05) is 25.4 Å². The average molecular weight is 287 g/mol. The maximum absolute atomic E-state index is 5.48. The minimum atomic E-state index is 0.562. The highest BCUT2D eigenvalue weighted by Crippen LogP contribution is 2.13. The van der Waals surface area contributed by atoms with Crippen molar-refractivity contribution >= 4 is 5.95 Å². The first-order valence-corrected chi connectivity index (χ1v) is 7.17. The summed E-state index contributed by atoms with van der Waals surface area (Å²) in [5, 5.41) is 3.22. The molecule has 21 heavy (non-hydrogen) atoms. The second kappa shape index (κ2) is 8.21. The number of benzene rings is 1. The van der Waals surface area contributed by atoms with Gasteiger partial charge >= 0.3 is 0 Å². The second-order valence-electron chi connectivity index (χ2n) is 4.41. The molecular weight excluding hydrogens is 266 g/mol. The summed E-state index contributed by atoms with van der Waals surface area (Å²) in [6.07, 6.45) is 1.69. The molecule has 0 radical (unpaired) electrons. The monoisotopic (exact) mass is 287 g/mol. The third-order valence-corrected chi connectivity index (χ3v) is 2.94. The molecular formula is C16H21N3O2. The number of anilines is 1. The van der Waals surface area contributed by atoms with E-state index in [0.29, 0.717) is 38.2 Å². The maximum Gasteiger partial charge on any atom is 0.226 e. The van der Waals surface area contributed by atoms with Gasteiger partial charge in [0.05, 0.1) is 13.2 Å². The van der Waals surface area contributed by atoms with E-state index in [1.807, 2.05) is 26.0 Å². The number of ether oxygens (including phenoxy) is 2. The van der Waals surface area contributed by atoms with E-state index in [0.717, 1.165) is 0 Å². The molecule has 5 heteroatoms. The van der Waals surface area contributed by atoms with Crippen LogP contribution in [-0.4, -0.2) is 23.2 Å². The smallest absolute Gasteiger partial charge is 0.226 e. The Morgan fingerprint density at radius 1 is 1.05 bits per heavy atom. The lowest BCUT2D eigenvalue weighted by molar-refractivity contribution is 0.133. The minimum Gasteiger partial charge on any atom is -0.478 e. The highest BCUT2D eigenvalue weighted by molar-refractivity contribution is 5.33. The van der Waals surface area contributed by atoms with Crippen molar-refractivity contribution in [2.45, 2.75) is 27.0 Å². The predicted molar refractivity (Wildman–Crippen MR) is 82.3 cm³/mol. The van der Waals surface area contributed by atoms with E-state index in [2.05, 4.69) is 27.4 Å². The molecule has 1 aromatic carbocycles. The van der Waals surface area contributed by atoms with Crippen LogP contribution in [0.15, 0.2) is 36.5 Å². The summed E-state index contributed by atoms with van der Waals surface area (Å²) >= 11 is 0. The lowest BCUT2D eigenvalue weighted by Gasteiger charge is -2.11. The van der Waals surface area contributed by atoms with Crippen LogP contribution in [0.1, 0.15) is 25.0 Å². The Morgan fingerprint density at radius 2 is 1.86 bits per heavy atom. The lowest BCUT2D eigenvalue weighted by atomic mass is 10.1. The van der Waals surface area contributed by atoms with Gasteiger partial charge in [-0.2, -0.15) is 4.98 Å². The molecule has 0 saturated carbocycles. The molecule has 0 fully saturated rings. The summed E-state index contributed by atoms with van der Waals surface area (Å²) in [7, 11) is 0. The highest BCUT2D eigenvalue weighted by Gasteiger charge is 2.04. The Labute approximate surface area is 125 Å². The number of nitrogens with one attached hydrogen (secondary N) is 1. The molecule has 0 aliphatic rings. The number of rotatable bonds is 8. The predicted octanol–water partition coefficient (Wildman–Crippen LogP) is 3.02. The van der Waals surface area contributed by atoms with Crippen LogP contribution in [0.5, 0.6) is 5.88 Å². The molecule has 1 aromatic heterocycles. The summed E-state index contributed by atoms with van der Waals surface area (Å²) in [4.78, 5) is 8.49. The fraction of sp³-hybridized carbons (Fsp3) is 0.375. The first-order valence-electron chi connectivity index (χ1n) is 7.17. The Hall–Kier alpha value is -2.14. The molecule has 0 aliphatic heterocycles. The SMILES string of the molecule is CCOCc1ccccc1CNc1nccc(OCC)n1. The van der Waals surface area contributed by atoms with Crippen molar-refractivity contribution in [1.82, 2.24) is 9.97 Å². The van der Waals surface area contributed by atoms with E-state index >= 15 is 0 Å². The van der Waals surface area contributed by atoms with Crippen molar-refractivity contribution in [2.24, 2.45) is 0 Å². The van der Waals surface area contributed by atoms with Crippen LogP contribution in [0, 0.1) is 0 Å². The van der Waals surface area contributed by atoms with Crippen LogP contribution in [0.4, 0.5) is 5.95 Å². The zero-order valence-corrected chi connectivity index (χ0v) is 12.5. The standard InChI is InChI=1S/C16H21N3O2/c1-3-20-12-14-8-6-5-7-13(14)11-18-16-17-10-9-15(19-16)21-4-2/h5-10H,3-4,11-12H2,1-2H3,(H,17,18,19). The van der Waals surface area contributed by atoms with Crippen LogP contribution in [0.2, 0.25) is 0 Å². The van der Waals surface area contributed by atoms with E-state index in [9.17, 15) is 0 Å². The summed E-state index contributed by atoms with van der Waals surface area (Å²) in [6.45, 7) is 6.50. The molecule has 5 nitrogen and oxygen atoms in total. The van der Waals surface area contributed by atoms with Gasteiger partial charge in [0.2, 0.25) is 11.8 Å². The van der Waals surface area contributed by atoms with Crippen LogP contribution in [-0.2, 0) is 17.9 Å². The van der Waals surface area contributed by atoms with Crippen molar-refractivity contribution < 1.29 is 9.47 Å². The summed E-state index contributed by atoms with van der Waals surface area (Å²) in [5.74, 6) is 1.14. The molecule has 1 heterocycles. The molecule has 2 rings (SSSR count). The molecule has 2 aromatic rings. The minimum absolute atomic E-state index is 0.562. The Bertz CT molecular complexity index is 561. The van der Waals surface area contributed by atoms with Gasteiger partial charge in [-0.25, -0.2) is 4.98 Å². The van der Waals surface area contributed by atoms with Gasteiger partial charge in [0.15, 0.2) is 0 Å². The first kappa shape index (κ1) is 15.3. The molecule has 0 unspecified atom stereocenters. The largest absolute Gasteiger partial charge is 0.478 e. The summed E-state index contributed by atoms with van der Waals surface area (Å²) in [5.41, 5.74) is 2.35. The third kappa shape index (κ3) is 4.72. The number of nitrogens with zero attached hydrogens (tertiary/aromatic N) is 2. The van der Waals surface area contributed by atoms with E-state index in [4.69, 9.17) is 9.47 Å². The molecule has 0 spiro atoms. The van der Waals surface area contributed by atoms with Crippen molar-refractivity contribution in [2.75, 3.05) is 18.5 Å². The van der Waals surface area contributed by atoms with E-state index < -0.39 is 0 Å². The normalized spacial score (nSPS) is 10.4. The quantitative estimate of drug-likeness (QED) is 0.808. The molecule has 0 amide bonds. The van der Waals surface area contributed by atoms with Crippen LogP contribution in [0.3, 0.4) is 0 Å². The van der Waals surface area contributed by atoms with Crippen LogP contribution >= 0.6 is 0 Å². The first-order chi connectivity index (χ1) is 10.3. The Kier molecular flexibility index (Phi) is 5.97. The molecule has 0 aliphatic carbocycles.